The van der Waals surface area contributed by atoms with Crippen molar-refractivity contribution in [1.82, 2.24) is 0 Å². The third-order valence-corrected chi connectivity index (χ3v) is 6.54. The van der Waals surface area contributed by atoms with Crippen molar-refractivity contribution in [1.29, 1.82) is 0 Å². The Morgan fingerprint density at radius 1 is 0.853 bits per heavy atom. The average Bonchev–Trinajstić information content (AvgIpc) is 3.02. The SMILES string of the molecule is Cc1ccc(N2C(=O)C(Cl)=C(Nc3cccc(C(=O)Nc4cccc(Cl)c4Cl)c3)C2=O)cc1C. The smallest absolute Gasteiger partial charge is 0.283 e. The van der Waals surface area contributed by atoms with Gasteiger partial charge in [0.15, 0.2) is 0 Å². The van der Waals surface area contributed by atoms with Gasteiger partial charge in [0.2, 0.25) is 0 Å². The topological polar surface area (TPSA) is 78.5 Å². The third kappa shape index (κ3) is 4.53. The lowest BCUT2D eigenvalue weighted by atomic mass is 10.1. The fraction of sp³-hybridized carbons (Fsp3) is 0.0800. The summed E-state index contributed by atoms with van der Waals surface area (Å²) in [5.74, 6) is -1.64. The summed E-state index contributed by atoms with van der Waals surface area (Å²) in [5, 5.41) is 5.89. The summed E-state index contributed by atoms with van der Waals surface area (Å²) in [6.45, 7) is 3.83. The Bertz CT molecular complexity index is 1380. The van der Waals surface area contributed by atoms with E-state index in [1.807, 2.05) is 19.9 Å². The highest BCUT2D eigenvalue weighted by Gasteiger charge is 2.39. The monoisotopic (exact) mass is 513 g/mol. The minimum absolute atomic E-state index is 0.0691. The minimum Gasteiger partial charge on any atom is -0.350 e. The van der Waals surface area contributed by atoms with E-state index in [0.29, 0.717) is 27.6 Å². The van der Waals surface area contributed by atoms with Gasteiger partial charge >= 0.3 is 0 Å². The average molecular weight is 515 g/mol. The molecule has 3 amide bonds. The van der Waals surface area contributed by atoms with Gasteiger partial charge in [-0.15, -0.1) is 0 Å². The predicted octanol–water partition coefficient (Wildman–Crippen LogP) is 6.30. The molecule has 0 aromatic heterocycles. The molecule has 2 N–H and O–H groups in total. The summed E-state index contributed by atoms with van der Waals surface area (Å²) in [4.78, 5) is 39.5. The molecule has 34 heavy (non-hydrogen) atoms. The zero-order valence-electron chi connectivity index (χ0n) is 18.1. The van der Waals surface area contributed by atoms with Crippen LogP contribution in [0.3, 0.4) is 0 Å². The molecule has 1 heterocycles. The maximum Gasteiger partial charge on any atom is 0.283 e. The summed E-state index contributed by atoms with van der Waals surface area (Å²) in [7, 11) is 0. The van der Waals surface area contributed by atoms with E-state index in [1.165, 1.54) is 6.07 Å². The second-order valence-electron chi connectivity index (χ2n) is 7.66. The van der Waals surface area contributed by atoms with Crippen LogP contribution < -0.4 is 15.5 Å². The van der Waals surface area contributed by atoms with Crippen LogP contribution in [0.25, 0.3) is 0 Å². The van der Waals surface area contributed by atoms with Gasteiger partial charge in [-0.3, -0.25) is 14.4 Å². The van der Waals surface area contributed by atoms with Crippen LogP contribution in [0.2, 0.25) is 10.0 Å². The van der Waals surface area contributed by atoms with Gasteiger partial charge in [0.1, 0.15) is 10.7 Å². The van der Waals surface area contributed by atoms with E-state index in [-0.39, 0.29) is 15.8 Å². The van der Waals surface area contributed by atoms with E-state index in [1.54, 1.807) is 48.5 Å². The second kappa shape index (κ2) is 9.50. The number of anilines is 3. The van der Waals surface area contributed by atoms with Gasteiger partial charge in [0, 0.05) is 11.3 Å². The van der Waals surface area contributed by atoms with Crippen molar-refractivity contribution < 1.29 is 14.4 Å². The number of nitrogens with one attached hydrogen (secondary N) is 2. The number of rotatable bonds is 5. The number of carbonyl (C=O) groups is 3. The molecule has 4 rings (SSSR count). The molecule has 0 spiro atoms. The van der Waals surface area contributed by atoms with E-state index >= 15 is 0 Å². The van der Waals surface area contributed by atoms with Crippen molar-refractivity contribution in [3.05, 3.63) is 98.1 Å². The lowest BCUT2D eigenvalue weighted by Gasteiger charge is -2.16. The highest BCUT2D eigenvalue weighted by atomic mass is 35.5. The van der Waals surface area contributed by atoms with Gasteiger partial charge < -0.3 is 10.6 Å². The number of hydrogen-bond acceptors (Lipinski definition) is 4. The molecule has 0 bridgehead atoms. The number of hydrogen-bond donors (Lipinski definition) is 2. The summed E-state index contributed by atoms with van der Waals surface area (Å²) < 4.78 is 0. The van der Waals surface area contributed by atoms with Crippen molar-refractivity contribution in [3.63, 3.8) is 0 Å². The number of nitrogens with zero attached hydrogens (tertiary/aromatic N) is 1. The summed E-state index contributed by atoms with van der Waals surface area (Å²) in [6, 6.07) is 16.6. The van der Waals surface area contributed by atoms with E-state index in [2.05, 4.69) is 10.6 Å². The first-order chi connectivity index (χ1) is 16.2. The molecular weight excluding hydrogens is 497 g/mol. The van der Waals surface area contributed by atoms with Crippen molar-refractivity contribution in [2.45, 2.75) is 13.8 Å². The highest BCUT2D eigenvalue weighted by Crippen LogP contribution is 2.32. The van der Waals surface area contributed by atoms with Gasteiger partial charge in [0.05, 0.1) is 21.4 Å². The fourth-order valence-electron chi connectivity index (χ4n) is 3.39. The molecule has 1 aliphatic heterocycles. The first kappa shape index (κ1) is 23.8. The van der Waals surface area contributed by atoms with Crippen molar-refractivity contribution in [2.75, 3.05) is 15.5 Å². The molecule has 0 radical (unpaired) electrons. The van der Waals surface area contributed by atoms with Gasteiger partial charge in [-0.2, -0.15) is 0 Å². The van der Waals surface area contributed by atoms with Crippen LogP contribution in [0.4, 0.5) is 17.1 Å². The maximum absolute atomic E-state index is 13.1. The van der Waals surface area contributed by atoms with E-state index in [9.17, 15) is 14.4 Å². The summed E-state index contributed by atoms with van der Waals surface area (Å²) >= 11 is 18.4. The lowest BCUT2D eigenvalue weighted by molar-refractivity contribution is -0.120. The largest absolute Gasteiger partial charge is 0.350 e. The predicted molar refractivity (Wildman–Crippen MR) is 136 cm³/mol. The molecule has 3 aromatic carbocycles. The number of carbonyl (C=O) groups excluding carboxylic acids is 3. The first-order valence-corrected chi connectivity index (χ1v) is 11.3. The van der Waals surface area contributed by atoms with E-state index in [4.69, 9.17) is 34.8 Å². The standard InChI is InChI=1S/C25H18Cl3N3O3/c1-13-9-10-17(11-14(13)2)31-24(33)21(28)22(25(31)34)29-16-6-3-5-15(12-16)23(32)30-19-8-4-7-18(26)20(19)27/h3-12,29H,1-2H3,(H,30,32). The number of imide groups is 1. The number of aryl methyl sites for hydroxylation is 2. The second-order valence-corrected chi connectivity index (χ2v) is 8.83. The number of benzene rings is 3. The van der Waals surface area contributed by atoms with Crippen molar-refractivity contribution in [2.24, 2.45) is 0 Å². The molecule has 0 saturated heterocycles. The fourth-order valence-corrected chi connectivity index (χ4v) is 3.95. The molecule has 3 aromatic rings. The van der Waals surface area contributed by atoms with Gasteiger partial charge in [-0.05, 0) is 67.4 Å². The third-order valence-electron chi connectivity index (χ3n) is 5.37. The Hall–Kier alpha value is -3.32. The van der Waals surface area contributed by atoms with Gasteiger partial charge in [-0.25, -0.2) is 4.90 Å². The van der Waals surface area contributed by atoms with E-state index in [0.717, 1.165) is 16.0 Å². The van der Waals surface area contributed by atoms with Crippen LogP contribution >= 0.6 is 34.8 Å². The molecule has 0 unspecified atom stereocenters. The van der Waals surface area contributed by atoms with Crippen LogP contribution in [0, 0.1) is 13.8 Å². The van der Waals surface area contributed by atoms with Crippen LogP contribution in [0.15, 0.2) is 71.4 Å². The van der Waals surface area contributed by atoms with Gasteiger partial charge in [-0.1, -0.05) is 53.0 Å². The Balaban J connectivity index is 1.56. The quantitative estimate of drug-likeness (QED) is 0.392. The van der Waals surface area contributed by atoms with Crippen molar-refractivity contribution in [3.8, 4) is 0 Å². The molecule has 172 valence electrons. The lowest BCUT2D eigenvalue weighted by Crippen LogP contribution is -2.32. The normalized spacial score (nSPS) is 13.5. The van der Waals surface area contributed by atoms with Crippen LogP contribution in [0.1, 0.15) is 21.5 Å². The zero-order valence-corrected chi connectivity index (χ0v) is 20.3. The van der Waals surface area contributed by atoms with Crippen LogP contribution in [-0.4, -0.2) is 17.7 Å². The van der Waals surface area contributed by atoms with Gasteiger partial charge in [0.25, 0.3) is 17.7 Å². The molecule has 6 nitrogen and oxygen atoms in total. The number of halogens is 3. The molecular formula is C25H18Cl3N3O3. The molecule has 0 saturated carbocycles. The zero-order chi connectivity index (χ0) is 24.6. The Kier molecular flexibility index (Phi) is 6.66. The van der Waals surface area contributed by atoms with E-state index < -0.39 is 17.7 Å². The summed E-state index contributed by atoms with van der Waals surface area (Å²) in [5.41, 5.74) is 3.40. The summed E-state index contributed by atoms with van der Waals surface area (Å²) in [6.07, 6.45) is 0. The van der Waals surface area contributed by atoms with Crippen LogP contribution in [0.5, 0.6) is 0 Å². The highest BCUT2D eigenvalue weighted by molar-refractivity contribution is 6.53. The minimum atomic E-state index is -0.623. The van der Waals surface area contributed by atoms with Crippen molar-refractivity contribution >= 4 is 69.6 Å². The Morgan fingerprint density at radius 3 is 2.32 bits per heavy atom. The Morgan fingerprint density at radius 2 is 1.59 bits per heavy atom. The Labute approximate surface area is 211 Å². The molecule has 9 heteroatoms. The first-order valence-electron chi connectivity index (χ1n) is 10.2. The maximum atomic E-state index is 13.1. The molecule has 0 fully saturated rings. The molecule has 0 aliphatic carbocycles. The van der Waals surface area contributed by atoms with Crippen LogP contribution in [-0.2, 0) is 9.59 Å². The molecule has 0 atom stereocenters. The number of amides is 3. The molecule has 1 aliphatic rings.